The SMILES string of the molecule is COc1cc(C(C)=O)cc(F)c1S(C)(=O)=O. The quantitative estimate of drug-likeness (QED) is 0.757. The van der Waals surface area contributed by atoms with Crippen LogP contribution in [0.25, 0.3) is 0 Å². The number of halogens is 1. The molecule has 0 saturated carbocycles. The Hall–Kier alpha value is -1.43. The first-order chi connectivity index (χ1) is 7.27. The summed E-state index contributed by atoms with van der Waals surface area (Å²) < 4.78 is 40.9. The van der Waals surface area contributed by atoms with Crippen molar-refractivity contribution < 1.29 is 22.3 Å². The van der Waals surface area contributed by atoms with Gasteiger partial charge < -0.3 is 4.74 Å². The van der Waals surface area contributed by atoms with Gasteiger partial charge in [0, 0.05) is 11.8 Å². The van der Waals surface area contributed by atoms with Crippen LogP contribution in [-0.4, -0.2) is 27.6 Å². The summed E-state index contributed by atoms with van der Waals surface area (Å²) in [6, 6.07) is 2.10. The highest BCUT2D eigenvalue weighted by atomic mass is 32.2. The van der Waals surface area contributed by atoms with E-state index < -0.39 is 20.5 Å². The van der Waals surface area contributed by atoms with Crippen molar-refractivity contribution in [2.75, 3.05) is 13.4 Å². The summed E-state index contributed by atoms with van der Waals surface area (Å²) >= 11 is 0. The molecule has 0 aliphatic heterocycles. The Balaban J connectivity index is 3.59. The second kappa shape index (κ2) is 4.21. The predicted molar refractivity (Wildman–Crippen MR) is 56.1 cm³/mol. The van der Waals surface area contributed by atoms with Crippen LogP contribution >= 0.6 is 0 Å². The van der Waals surface area contributed by atoms with Crippen molar-refractivity contribution in [3.63, 3.8) is 0 Å². The zero-order chi connectivity index (χ0) is 12.5. The Labute approximate surface area is 93.0 Å². The van der Waals surface area contributed by atoms with Crippen molar-refractivity contribution in [3.05, 3.63) is 23.5 Å². The molecular weight excluding hydrogens is 235 g/mol. The molecule has 1 rings (SSSR count). The summed E-state index contributed by atoms with van der Waals surface area (Å²) in [5, 5.41) is 0. The maximum absolute atomic E-state index is 13.5. The first-order valence-electron chi connectivity index (χ1n) is 4.36. The van der Waals surface area contributed by atoms with Crippen LogP contribution in [0.2, 0.25) is 0 Å². The fourth-order valence-corrected chi connectivity index (χ4v) is 2.20. The number of carbonyl (C=O) groups is 1. The standard InChI is InChI=1S/C10H11FO4S/c1-6(12)7-4-8(11)10(16(3,13)14)9(5-7)15-2/h4-5H,1-3H3. The van der Waals surface area contributed by atoms with Crippen molar-refractivity contribution in [3.8, 4) is 5.75 Å². The molecule has 0 aromatic heterocycles. The minimum atomic E-state index is -3.73. The Morgan fingerprint density at radius 1 is 1.38 bits per heavy atom. The maximum atomic E-state index is 13.5. The summed E-state index contributed by atoms with van der Waals surface area (Å²) in [7, 11) is -2.51. The molecule has 0 atom stereocenters. The monoisotopic (exact) mass is 246 g/mol. The van der Waals surface area contributed by atoms with E-state index in [1.54, 1.807) is 0 Å². The smallest absolute Gasteiger partial charge is 0.182 e. The highest BCUT2D eigenvalue weighted by Gasteiger charge is 2.21. The van der Waals surface area contributed by atoms with Crippen LogP contribution in [0.1, 0.15) is 17.3 Å². The van der Waals surface area contributed by atoms with Gasteiger partial charge in [-0.25, -0.2) is 12.8 Å². The molecule has 0 aliphatic carbocycles. The zero-order valence-corrected chi connectivity index (χ0v) is 9.89. The van der Waals surface area contributed by atoms with Crippen LogP contribution in [-0.2, 0) is 9.84 Å². The third-order valence-electron chi connectivity index (χ3n) is 2.01. The zero-order valence-electron chi connectivity index (χ0n) is 9.07. The molecule has 88 valence electrons. The first-order valence-corrected chi connectivity index (χ1v) is 6.25. The highest BCUT2D eigenvalue weighted by Crippen LogP contribution is 2.28. The van der Waals surface area contributed by atoms with Crippen molar-refractivity contribution >= 4 is 15.6 Å². The number of benzene rings is 1. The van der Waals surface area contributed by atoms with Crippen molar-refractivity contribution in [1.82, 2.24) is 0 Å². The summed E-state index contributed by atoms with van der Waals surface area (Å²) in [6.45, 7) is 1.26. The number of hydrogen-bond acceptors (Lipinski definition) is 4. The lowest BCUT2D eigenvalue weighted by Crippen LogP contribution is -2.06. The lowest BCUT2D eigenvalue weighted by molar-refractivity contribution is 0.101. The topological polar surface area (TPSA) is 60.4 Å². The van der Waals surface area contributed by atoms with E-state index in [9.17, 15) is 17.6 Å². The molecule has 0 aliphatic rings. The Morgan fingerprint density at radius 2 is 1.94 bits per heavy atom. The molecule has 0 heterocycles. The molecule has 1 aromatic carbocycles. The van der Waals surface area contributed by atoms with Gasteiger partial charge in [-0.05, 0) is 19.1 Å². The molecule has 4 nitrogen and oxygen atoms in total. The number of Topliss-reactive ketones (excluding diaryl/α,β-unsaturated/α-hetero) is 1. The molecule has 0 radical (unpaired) electrons. The molecule has 0 spiro atoms. The van der Waals surface area contributed by atoms with Gasteiger partial charge in [-0.15, -0.1) is 0 Å². The number of ketones is 1. The van der Waals surface area contributed by atoms with Gasteiger partial charge in [0.15, 0.2) is 15.6 Å². The molecule has 0 bridgehead atoms. The van der Waals surface area contributed by atoms with E-state index in [2.05, 4.69) is 0 Å². The van der Waals surface area contributed by atoms with E-state index >= 15 is 0 Å². The van der Waals surface area contributed by atoms with Crippen LogP contribution in [0.15, 0.2) is 17.0 Å². The largest absolute Gasteiger partial charge is 0.495 e. The van der Waals surface area contributed by atoms with Gasteiger partial charge in [-0.3, -0.25) is 4.79 Å². The molecule has 0 unspecified atom stereocenters. The van der Waals surface area contributed by atoms with Gasteiger partial charge in [0.05, 0.1) is 7.11 Å². The Morgan fingerprint density at radius 3 is 2.31 bits per heavy atom. The van der Waals surface area contributed by atoms with E-state index in [4.69, 9.17) is 4.74 Å². The molecule has 0 N–H and O–H groups in total. The summed E-state index contributed by atoms with van der Waals surface area (Å²) in [6.07, 6.45) is 0.876. The van der Waals surface area contributed by atoms with Crippen molar-refractivity contribution in [2.45, 2.75) is 11.8 Å². The van der Waals surface area contributed by atoms with Crippen LogP contribution in [0.4, 0.5) is 4.39 Å². The van der Waals surface area contributed by atoms with Gasteiger partial charge in [-0.1, -0.05) is 0 Å². The molecule has 16 heavy (non-hydrogen) atoms. The second-order valence-corrected chi connectivity index (χ2v) is 5.27. The number of ether oxygens (including phenoxy) is 1. The minimum absolute atomic E-state index is 0.0711. The molecular formula is C10H11FO4S. The number of carbonyl (C=O) groups excluding carboxylic acids is 1. The van der Waals surface area contributed by atoms with E-state index in [0.717, 1.165) is 12.3 Å². The van der Waals surface area contributed by atoms with Gasteiger partial charge >= 0.3 is 0 Å². The summed E-state index contributed by atoms with van der Waals surface area (Å²) in [5.74, 6) is -1.50. The van der Waals surface area contributed by atoms with E-state index in [1.807, 2.05) is 0 Å². The van der Waals surface area contributed by atoms with Gasteiger partial charge in [0.2, 0.25) is 0 Å². The van der Waals surface area contributed by atoms with Gasteiger partial charge in [-0.2, -0.15) is 0 Å². The average molecular weight is 246 g/mol. The molecule has 0 amide bonds. The number of methoxy groups -OCH3 is 1. The second-order valence-electron chi connectivity index (χ2n) is 3.32. The minimum Gasteiger partial charge on any atom is -0.495 e. The van der Waals surface area contributed by atoms with Crippen LogP contribution in [0.5, 0.6) is 5.75 Å². The van der Waals surface area contributed by atoms with Gasteiger partial charge in [0.1, 0.15) is 16.5 Å². The molecule has 0 saturated heterocycles. The summed E-state index contributed by atoms with van der Waals surface area (Å²) in [4.78, 5) is 10.5. The highest BCUT2D eigenvalue weighted by molar-refractivity contribution is 7.90. The van der Waals surface area contributed by atoms with Crippen LogP contribution < -0.4 is 4.74 Å². The van der Waals surface area contributed by atoms with Crippen molar-refractivity contribution in [2.24, 2.45) is 0 Å². The number of sulfone groups is 1. The normalized spacial score (nSPS) is 11.2. The maximum Gasteiger partial charge on any atom is 0.182 e. The van der Waals surface area contributed by atoms with Crippen molar-refractivity contribution in [1.29, 1.82) is 0 Å². The Bertz CT molecular complexity index is 534. The average Bonchev–Trinajstić information content (AvgIpc) is 2.14. The van der Waals surface area contributed by atoms with Crippen LogP contribution in [0.3, 0.4) is 0 Å². The van der Waals surface area contributed by atoms with Gasteiger partial charge in [0.25, 0.3) is 0 Å². The fraction of sp³-hybridized carbons (Fsp3) is 0.300. The lowest BCUT2D eigenvalue weighted by Gasteiger charge is -2.09. The Kier molecular flexibility index (Phi) is 3.32. The number of hydrogen-bond donors (Lipinski definition) is 0. The lowest BCUT2D eigenvalue weighted by atomic mass is 10.1. The summed E-state index contributed by atoms with van der Waals surface area (Å²) in [5.41, 5.74) is 0.0711. The molecule has 6 heteroatoms. The third kappa shape index (κ3) is 2.38. The molecule has 0 fully saturated rings. The van der Waals surface area contributed by atoms with E-state index in [0.29, 0.717) is 0 Å². The van der Waals surface area contributed by atoms with Crippen LogP contribution in [0, 0.1) is 5.82 Å². The van der Waals surface area contributed by atoms with E-state index in [1.165, 1.54) is 20.1 Å². The third-order valence-corrected chi connectivity index (χ3v) is 3.14. The first kappa shape index (κ1) is 12.6. The van der Waals surface area contributed by atoms with E-state index in [-0.39, 0.29) is 17.1 Å². The predicted octanol–water partition coefficient (Wildman–Crippen LogP) is 1.44. The number of rotatable bonds is 3. The molecule has 1 aromatic rings. The fourth-order valence-electron chi connectivity index (χ4n) is 1.28.